The highest BCUT2D eigenvalue weighted by atomic mass is 127. The molecule has 0 aromatic heterocycles. The molecule has 0 aromatic rings. The third kappa shape index (κ3) is 4.61. The molecule has 3 heteroatoms. The Kier molecular flexibility index (Phi) is 4.67. The number of hydrogen-bond acceptors (Lipinski definition) is 2. The van der Waals surface area contributed by atoms with Crippen molar-refractivity contribution < 1.29 is 0 Å². The predicted octanol–water partition coefficient (Wildman–Crippen LogP) is 2.82. The van der Waals surface area contributed by atoms with Gasteiger partial charge in [-0.2, -0.15) is 0 Å². The van der Waals surface area contributed by atoms with Crippen molar-refractivity contribution in [2.24, 2.45) is 0 Å². The molecule has 1 atom stereocenters. The molecule has 0 aliphatic carbocycles. The van der Waals surface area contributed by atoms with Crippen molar-refractivity contribution in [2.45, 2.75) is 58.7 Å². The largest absolute Gasteiger partial charge is 0.308 e. The minimum atomic E-state index is 0.174. The van der Waals surface area contributed by atoms with Crippen LogP contribution in [0.4, 0.5) is 0 Å². The molecule has 0 fully saturated rings. The van der Waals surface area contributed by atoms with E-state index in [-0.39, 0.29) is 11.1 Å². The molecule has 2 nitrogen and oxygen atoms in total. The van der Waals surface area contributed by atoms with Gasteiger partial charge in [-0.3, -0.25) is 0 Å². The second kappa shape index (κ2) is 4.45. The summed E-state index contributed by atoms with van der Waals surface area (Å²) >= 11 is 2.35. The quantitative estimate of drug-likeness (QED) is 0.637. The molecular weight excluding hydrogens is 275 g/mol. The van der Waals surface area contributed by atoms with Gasteiger partial charge in [0.15, 0.2) is 0 Å². The molecule has 0 rings (SSSR count). The van der Waals surface area contributed by atoms with Gasteiger partial charge in [0.05, 0.1) is 0 Å². The van der Waals surface area contributed by atoms with Crippen molar-refractivity contribution in [2.75, 3.05) is 7.05 Å². The third-order valence-electron chi connectivity index (χ3n) is 2.50. The molecule has 0 heterocycles. The van der Waals surface area contributed by atoms with E-state index >= 15 is 0 Å². The van der Waals surface area contributed by atoms with Crippen LogP contribution >= 0.6 is 22.9 Å². The minimum absolute atomic E-state index is 0.174. The molecule has 13 heavy (non-hydrogen) atoms. The third-order valence-corrected chi connectivity index (χ3v) is 3.75. The van der Waals surface area contributed by atoms with Gasteiger partial charge >= 0.3 is 0 Å². The van der Waals surface area contributed by atoms with E-state index in [4.69, 9.17) is 0 Å². The van der Waals surface area contributed by atoms with E-state index < -0.39 is 0 Å². The highest BCUT2D eigenvalue weighted by molar-refractivity contribution is 14.1. The molecule has 80 valence electrons. The zero-order valence-corrected chi connectivity index (χ0v) is 12.1. The summed E-state index contributed by atoms with van der Waals surface area (Å²) in [7, 11) is 2.11. The van der Waals surface area contributed by atoms with Gasteiger partial charge < -0.3 is 5.32 Å². The molecular formula is C10H23IN2. The molecule has 1 N–H and O–H groups in total. The first-order chi connectivity index (χ1) is 5.57. The van der Waals surface area contributed by atoms with E-state index in [2.05, 4.69) is 79.9 Å². The van der Waals surface area contributed by atoms with Gasteiger partial charge in [-0.1, -0.05) is 0 Å². The zero-order valence-electron chi connectivity index (χ0n) is 9.90. The first kappa shape index (κ1) is 13.7. The van der Waals surface area contributed by atoms with Crippen molar-refractivity contribution in [1.82, 2.24) is 8.43 Å². The molecule has 0 bridgehead atoms. The van der Waals surface area contributed by atoms with Crippen LogP contribution in [0.2, 0.25) is 0 Å². The van der Waals surface area contributed by atoms with Crippen molar-refractivity contribution in [3.8, 4) is 0 Å². The molecule has 1 unspecified atom stereocenters. The average Bonchev–Trinajstić information content (AvgIpc) is 1.82. The van der Waals surface area contributed by atoms with Crippen molar-refractivity contribution in [1.29, 1.82) is 0 Å². The second-order valence-electron chi connectivity index (χ2n) is 5.25. The van der Waals surface area contributed by atoms with Crippen LogP contribution in [0.25, 0.3) is 0 Å². The average molecular weight is 298 g/mol. The fourth-order valence-electron chi connectivity index (χ4n) is 1.09. The van der Waals surface area contributed by atoms with Crippen molar-refractivity contribution in [3.63, 3.8) is 0 Å². The SMILES string of the molecule is CC(NC(C)(C)C)C(C)(C)N(C)I. The van der Waals surface area contributed by atoms with Gasteiger partial charge in [0.1, 0.15) is 0 Å². The zero-order chi connectivity index (χ0) is 10.9. The first-order valence-electron chi connectivity index (χ1n) is 4.74. The molecule has 0 spiro atoms. The maximum atomic E-state index is 3.59. The Balaban J connectivity index is 4.34. The summed E-state index contributed by atoms with van der Waals surface area (Å²) in [5, 5.41) is 3.59. The summed E-state index contributed by atoms with van der Waals surface area (Å²) in [6.07, 6.45) is 0. The lowest BCUT2D eigenvalue weighted by molar-refractivity contribution is 0.202. The van der Waals surface area contributed by atoms with E-state index in [0.717, 1.165) is 0 Å². The van der Waals surface area contributed by atoms with Crippen molar-refractivity contribution >= 4 is 22.9 Å². The Hall–Kier alpha value is 0.650. The minimum Gasteiger partial charge on any atom is -0.308 e. The van der Waals surface area contributed by atoms with Gasteiger partial charge in [-0.25, -0.2) is 3.11 Å². The lowest BCUT2D eigenvalue weighted by Crippen LogP contribution is -2.56. The van der Waals surface area contributed by atoms with E-state index in [1.54, 1.807) is 0 Å². The summed E-state index contributed by atoms with van der Waals surface area (Å²) in [6, 6.07) is 0.467. The van der Waals surface area contributed by atoms with E-state index in [1.165, 1.54) is 0 Å². The predicted molar refractivity (Wildman–Crippen MR) is 68.2 cm³/mol. The monoisotopic (exact) mass is 298 g/mol. The summed E-state index contributed by atoms with van der Waals surface area (Å²) in [6.45, 7) is 13.3. The Morgan fingerprint density at radius 3 is 1.77 bits per heavy atom. The Bertz CT molecular complexity index is 159. The molecule has 0 aliphatic rings. The smallest absolute Gasteiger partial charge is 0.0396 e. The normalized spacial score (nSPS) is 16.4. The van der Waals surface area contributed by atoms with Crippen molar-refractivity contribution in [3.05, 3.63) is 0 Å². The van der Waals surface area contributed by atoms with Gasteiger partial charge in [-0.15, -0.1) is 0 Å². The van der Waals surface area contributed by atoms with Gasteiger partial charge in [0, 0.05) is 40.0 Å². The van der Waals surface area contributed by atoms with E-state index in [1.807, 2.05) is 0 Å². The highest BCUT2D eigenvalue weighted by Crippen LogP contribution is 2.22. The van der Waals surface area contributed by atoms with Gasteiger partial charge in [0.25, 0.3) is 0 Å². The molecule has 0 saturated heterocycles. The standard InChI is InChI=1S/C10H23IN2/c1-8(12-9(2,3)4)10(5,6)13(7)11/h8,12H,1-7H3. The number of rotatable bonds is 3. The Morgan fingerprint density at radius 2 is 1.54 bits per heavy atom. The van der Waals surface area contributed by atoms with Gasteiger partial charge in [-0.05, 0) is 48.6 Å². The lowest BCUT2D eigenvalue weighted by atomic mass is 9.93. The summed E-state index contributed by atoms with van der Waals surface area (Å²) < 4.78 is 2.23. The fraction of sp³-hybridized carbons (Fsp3) is 1.00. The van der Waals surface area contributed by atoms with Crippen LogP contribution in [0.15, 0.2) is 0 Å². The lowest BCUT2D eigenvalue weighted by Gasteiger charge is -2.40. The number of nitrogens with zero attached hydrogens (tertiary/aromatic N) is 1. The Morgan fingerprint density at radius 1 is 1.15 bits per heavy atom. The summed E-state index contributed by atoms with van der Waals surface area (Å²) in [5.74, 6) is 0. The van der Waals surface area contributed by atoms with Crippen LogP contribution in [0.5, 0.6) is 0 Å². The molecule has 0 saturated carbocycles. The molecule has 0 aromatic carbocycles. The number of likely N-dealkylation sites (N-methyl/N-ethyl adjacent to an activating group) is 1. The Labute approximate surface area is 97.0 Å². The summed E-state index contributed by atoms with van der Waals surface area (Å²) in [4.78, 5) is 0. The first-order valence-corrected chi connectivity index (χ1v) is 5.71. The van der Waals surface area contributed by atoms with Crippen LogP contribution in [0.1, 0.15) is 41.5 Å². The molecule has 0 aliphatic heterocycles. The second-order valence-corrected chi connectivity index (χ2v) is 6.69. The van der Waals surface area contributed by atoms with E-state index in [9.17, 15) is 0 Å². The number of hydrogen-bond donors (Lipinski definition) is 1. The molecule has 0 amide bonds. The van der Waals surface area contributed by atoms with E-state index in [0.29, 0.717) is 6.04 Å². The number of halogens is 1. The number of nitrogens with one attached hydrogen (secondary N) is 1. The fourth-order valence-corrected chi connectivity index (χ4v) is 1.51. The van der Waals surface area contributed by atoms with Crippen LogP contribution in [-0.2, 0) is 0 Å². The summed E-state index contributed by atoms with van der Waals surface area (Å²) in [5.41, 5.74) is 0.358. The van der Waals surface area contributed by atoms with Gasteiger partial charge in [0.2, 0.25) is 0 Å². The molecule has 0 radical (unpaired) electrons. The van der Waals surface area contributed by atoms with Crippen LogP contribution < -0.4 is 5.32 Å². The van der Waals surface area contributed by atoms with Crippen LogP contribution in [-0.4, -0.2) is 27.3 Å². The maximum absolute atomic E-state index is 3.59. The maximum Gasteiger partial charge on any atom is 0.0396 e. The highest BCUT2D eigenvalue weighted by Gasteiger charge is 2.31. The van der Waals surface area contributed by atoms with Crippen LogP contribution in [0, 0.1) is 0 Å². The topological polar surface area (TPSA) is 15.3 Å². The van der Waals surface area contributed by atoms with Crippen LogP contribution in [0.3, 0.4) is 0 Å².